The maximum atomic E-state index is 12.9. The Morgan fingerprint density at radius 2 is 1.05 bits per heavy atom. The van der Waals surface area contributed by atoms with Crippen molar-refractivity contribution in [1.29, 1.82) is 0 Å². The quantitative estimate of drug-likeness (QED) is 0.277. The first-order chi connectivity index (χ1) is 21.0. The van der Waals surface area contributed by atoms with Gasteiger partial charge in [-0.05, 0) is 23.1 Å². The molecule has 0 aromatic heterocycles. The molecular weight excluding hydrogens is 558 g/mol. The topological polar surface area (TPSA) is 130 Å². The van der Waals surface area contributed by atoms with E-state index in [1.807, 2.05) is 47.4 Å². The number of piperidine rings is 1. The van der Waals surface area contributed by atoms with Gasteiger partial charge in [0, 0.05) is 13.1 Å². The van der Waals surface area contributed by atoms with Gasteiger partial charge in [-0.3, -0.25) is 4.90 Å². The molecule has 0 unspecified atom stereocenters. The van der Waals surface area contributed by atoms with Crippen molar-refractivity contribution in [1.82, 2.24) is 4.90 Å². The van der Waals surface area contributed by atoms with Gasteiger partial charge in [-0.15, -0.1) is 0 Å². The van der Waals surface area contributed by atoms with Crippen molar-refractivity contribution in [3.8, 4) is 0 Å². The summed E-state index contributed by atoms with van der Waals surface area (Å²) in [6.45, 7) is 0.375. The number of rotatable bonds is 9. The van der Waals surface area contributed by atoms with Crippen LogP contribution in [0.25, 0.3) is 0 Å². The molecule has 3 aromatic carbocycles. The number of ether oxygens (including phenoxy) is 6. The number of carbonyl (C=O) groups excluding carboxylic acids is 3. The van der Waals surface area contributed by atoms with Gasteiger partial charge in [0.2, 0.25) is 0 Å². The van der Waals surface area contributed by atoms with E-state index in [1.54, 1.807) is 48.5 Å². The van der Waals surface area contributed by atoms with E-state index in [0.717, 1.165) is 16.7 Å². The van der Waals surface area contributed by atoms with Crippen LogP contribution in [-0.4, -0.2) is 72.0 Å². The van der Waals surface area contributed by atoms with Crippen molar-refractivity contribution in [3.05, 3.63) is 108 Å². The molecule has 11 heteroatoms. The van der Waals surface area contributed by atoms with Crippen LogP contribution in [0.1, 0.15) is 23.1 Å². The Labute approximate surface area is 248 Å². The Morgan fingerprint density at radius 1 is 0.628 bits per heavy atom. The van der Waals surface area contributed by atoms with E-state index in [-0.39, 0.29) is 26.4 Å². The van der Waals surface area contributed by atoms with Gasteiger partial charge in [0.25, 0.3) is 0 Å². The van der Waals surface area contributed by atoms with Crippen molar-refractivity contribution in [2.45, 2.75) is 56.7 Å². The zero-order valence-corrected chi connectivity index (χ0v) is 23.4. The van der Waals surface area contributed by atoms with E-state index in [2.05, 4.69) is 0 Å². The van der Waals surface area contributed by atoms with E-state index >= 15 is 0 Å². The molecule has 226 valence electrons. The molecule has 2 heterocycles. The minimum atomic E-state index is -1.33. The van der Waals surface area contributed by atoms with Crippen LogP contribution >= 0.6 is 0 Å². The van der Waals surface area contributed by atoms with Crippen LogP contribution in [0.2, 0.25) is 0 Å². The summed E-state index contributed by atoms with van der Waals surface area (Å²) < 4.78 is 32.9. The van der Waals surface area contributed by atoms with Gasteiger partial charge in [0.05, 0.1) is 12.1 Å². The molecule has 2 aliphatic heterocycles. The lowest BCUT2D eigenvalue weighted by Gasteiger charge is -2.44. The number of fused-ring (bicyclic) bond motifs is 1. The summed E-state index contributed by atoms with van der Waals surface area (Å²) in [5.74, 6) is 0. The maximum Gasteiger partial charge on any atom is 0.509 e. The van der Waals surface area contributed by atoms with E-state index in [0.29, 0.717) is 13.0 Å². The van der Waals surface area contributed by atoms with E-state index < -0.39 is 48.9 Å². The number of aliphatic hydroxyl groups excluding tert-OH is 1. The molecule has 11 nitrogen and oxygen atoms in total. The minimum absolute atomic E-state index is 0.0339. The Bertz CT molecular complexity index is 1340. The summed E-state index contributed by atoms with van der Waals surface area (Å²) in [7, 11) is 0. The van der Waals surface area contributed by atoms with Gasteiger partial charge in [-0.25, -0.2) is 14.4 Å². The summed E-state index contributed by atoms with van der Waals surface area (Å²) in [5, 5.41) is 10.8. The third kappa shape index (κ3) is 8.24. The summed E-state index contributed by atoms with van der Waals surface area (Å²) in [6, 6.07) is 26.3. The maximum absolute atomic E-state index is 12.9. The summed E-state index contributed by atoms with van der Waals surface area (Å²) in [5.41, 5.74) is 2.23. The highest BCUT2D eigenvalue weighted by Crippen LogP contribution is 2.34. The fraction of sp³-hybridized carbons (Fsp3) is 0.344. The van der Waals surface area contributed by atoms with Crippen LogP contribution in [-0.2, 0) is 48.2 Å². The van der Waals surface area contributed by atoms with Crippen molar-refractivity contribution in [2.75, 3.05) is 13.1 Å². The standard InChI is InChI=1S/C32H33NO10/c34-25-16-17-33-18-26(41-30(35)38-19-22-10-4-1-5-11-22)28(42-31(36)39-20-23-12-6-2-7-13-23)29(27(25)33)43-32(37)40-21-24-14-8-3-9-15-24/h1-15,25-29,34H,16-21H2/t25-,26-,27+,28+,29+/m0/s1. The van der Waals surface area contributed by atoms with Crippen LogP contribution in [0.15, 0.2) is 91.0 Å². The highest BCUT2D eigenvalue weighted by Gasteiger charge is 2.55. The second kappa shape index (κ2) is 14.5. The molecule has 0 spiro atoms. The van der Waals surface area contributed by atoms with Crippen molar-refractivity contribution >= 4 is 18.5 Å². The predicted molar refractivity (Wildman–Crippen MR) is 150 cm³/mol. The van der Waals surface area contributed by atoms with Crippen LogP contribution in [0.3, 0.4) is 0 Å². The third-order valence-electron chi connectivity index (χ3n) is 7.28. The molecular formula is C32H33NO10. The number of nitrogens with zero attached hydrogens (tertiary/aromatic N) is 1. The van der Waals surface area contributed by atoms with E-state index in [9.17, 15) is 19.5 Å². The molecule has 1 N–H and O–H groups in total. The first-order valence-corrected chi connectivity index (χ1v) is 14.0. The Hall–Kier alpha value is -4.61. The normalized spacial score (nSPS) is 23.0. The number of carbonyl (C=O) groups is 3. The van der Waals surface area contributed by atoms with Crippen LogP contribution in [0, 0.1) is 0 Å². The van der Waals surface area contributed by atoms with E-state index in [1.165, 1.54) is 0 Å². The molecule has 0 radical (unpaired) electrons. The van der Waals surface area contributed by atoms with Crippen molar-refractivity contribution in [2.24, 2.45) is 0 Å². The Kier molecular flexibility index (Phi) is 10.1. The van der Waals surface area contributed by atoms with E-state index in [4.69, 9.17) is 28.4 Å². The summed E-state index contributed by atoms with van der Waals surface area (Å²) >= 11 is 0. The fourth-order valence-corrected chi connectivity index (χ4v) is 5.22. The van der Waals surface area contributed by atoms with Gasteiger partial charge in [0.1, 0.15) is 19.8 Å². The number of hydrogen-bond donors (Lipinski definition) is 1. The fourth-order valence-electron chi connectivity index (χ4n) is 5.22. The van der Waals surface area contributed by atoms with Crippen molar-refractivity contribution < 1.29 is 47.9 Å². The summed E-state index contributed by atoms with van der Waals surface area (Å²) in [4.78, 5) is 40.3. The second-order valence-electron chi connectivity index (χ2n) is 10.2. The first-order valence-electron chi connectivity index (χ1n) is 14.0. The largest absolute Gasteiger partial charge is 0.509 e. The van der Waals surface area contributed by atoms with Gasteiger partial charge in [-0.2, -0.15) is 0 Å². The monoisotopic (exact) mass is 591 g/mol. The molecule has 2 aliphatic rings. The minimum Gasteiger partial charge on any atom is -0.429 e. The highest BCUT2D eigenvalue weighted by atomic mass is 16.8. The van der Waals surface area contributed by atoms with Crippen molar-refractivity contribution in [3.63, 3.8) is 0 Å². The second-order valence-corrected chi connectivity index (χ2v) is 10.2. The molecule has 5 rings (SSSR count). The van der Waals surface area contributed by atoms with Crippen LogP contribution in [0.5, 0.6) is 0 Å². The average Bonchev–Trinajstić information content (AvgIpc) is 3.40. The lowest BCUT2D eigenvalue weighted by atomic mass is 9.92. The zero-order valence-electron chi connectivity index (χ0n) is 23.4. The number of hydrogen-bond acceptors (Lipinski definition) is 11. The number of benzene rings is 3. The highest BCUT2D eigenvalue weighted by molar-refractivity contribution is 5.63. The number of aliphatic hydroxyl groups is 1. The Balaban J connectivity index is 1.31. The average molecular weight is 592 g/mol. The first kappa shape index (κ1) is 29.9. The molecule has 2 fully saturated rings. The third-order valence-corrected chi connectivity index (χ3v) is 7.28. The van der Waals surface area contributed by atoms with Crippen LogP contribution < -0.4 is 0 Å². The molecule has 0 bridgehead atoms. The molecule has 2 saturated heterocycles. The Morgan fingerprint density at radius 3 is 1.51 bits per heavy atom. The molecule has 0 amide bonds. The smallest absolute Gasteiger partial charge is 0.429 e. The van der Waals surface area contributed by atoms with Gasteiger partial charge in [-0.1, -0.05) is 91.0 Å². The SMILES string of the molecule is O=C(OCc1ccccc1)O[C@H]1[C@H](OC(=O)OCc2ccccc2)[C@@H](OC(=O)OCc2ccccc2)CN2CC[C@H](O)[C@H]12. The van der Waals surface area contributed by atoms with Gasteiger partial charge >= 0.3 is 18.5 Å². The lowest BCUT2D eigenvalue weighted by Crippen LogP contribution is -2.64. The predicted octanol–water partition coefficient (Wildman–Crippen LogP) is 4.60. The lowest BCUT2D eigenvalue weighted by molar-refractivity contribution is -0.166. The molecule has 5 atom stereocenters. The van der Waals surface area contributed by atoms with Crippen LogP contribution in [0.4, 0.5) is 14.4 Å². The summed E-state index contributed by atoms with van der Waals surface area (Å²) in [6.07, 6.45) is -7.30. The molecule has 0 saturated carbocycles. The van der Waals surface area contributed by atoms with Gasteiger partial charge in [0.15, 0.2) is 18.3 Å². The molecule has 0 aliphatic carbocycles. The zero-order chi connectivity index (χ0) is 30.0. The van der Waals surface area contributed by atoms with Gasteiger partial charge < -0.3 is 33.5 Å². The molecule has 43 heavy (non-hydrogen) atoms. The molecule has 3 aromatic rings.